The molecule has 2 aromatic rings. The van der Waals surface area contributed by atoms with Crippen LogP contribution in [0.15, 0.2) is 42.5 Å². The van der Waals surface area contributed by atoms with Crippen molar-refractivity contribution in [3.05, 3.63) is 63.0 Å². The maximum atomic E-state index is 13.2. The third-order valence-corrected chi connectivity index (χ3v) is 5.28. The lowest BCUT2D eigenvalue weighted by Gasteiger charge is -2.37. The molecule has 0 saturated carbocycles. The minimum absolute atomic E-state index is 0.185. The summed E-state index contributed by atoms with van der Waals surface area (Å²) in [6, 6.07) is 13.9. The van der Waals surface area contributed by atoms with E-state index in [-0.39, 0.29) is 11.2 Å². The fraction of sp³-hybridized carbons (Fsp3) is 0.333. The fourth-order valence-electron chi connectivity index (χ4n) is 3.16. The Hall–Kier alpha value is -1.10. The number of nitrogens with one attached hydrogen (secondary N) is 1. The Kier molecular flexibility index (Phi) is 3.95. The molecule has 1 unspecified atom stereocenters. The van der Waals surface area contributed by atoms with Crippen LogP contribution in [0.4, 0.5) is 10.1 Å². The monoisotopic (exact) mass is 395 g/mol. The predicted molar refractivity (Wildman–Crippen MR) is 94.2 cm³/mol. The molecule has 1 N–H and O–H groups in total. The van der Waals surface area contributed by atoms with Crippen LogP contribution in [0.3, 0.4) is 0 Å². The van der Waals surface area contributed by atoms with Gasteiger partial charge in [0.25, 0.3) is 0 Å². The summed E-state index contributed by atoms with van der Waals surface area (Å²) in [6.45, 7) is 4.62. The molecule has 1 aliphatic carbocycles. The SMILES string of the molecule is CC1(C)CCC(Nc2ccc(F)cc2I)c2ccccc21. The first kappa shape index (κ1) is 14.8. The molecule has 0 spiro atoms. The lowest BCUT2D eigenvalue weighted by Crippen LogP contribution is -2.29. The maximum absolute atomic E-state index is 13.2. The van der Waals surface area contributed by atoms with Crippen molar-refractivity contribution in [2.45, 2.75) is 38.1 Å². The summed E-state index contributed by atoms with van der Waals surface area (Å²) in [4.78, 5) is 0. The molecule has 110 valence electrons. The Labute approximate surface area is 139 Å². The highest BCUT2D eigenvalue weighted by Crippen LogP contribution is 2.42. The van der Waals surface area contributed by atoms with Gasteiger partial charge in [0, 0.05) is 9.26 Å². The van der Waals surface area contributed by atoms with E-state index in [1.165, 1.54) is 17.2 Å². The normalized spacial score (nSPS) is 19.9. The number of hydrogen-bond acceptors (Lipinski definition) is 1. The maximum Gasteiger partial charge on any atom is 0.124 e. The van der Waals surface area contributed by atoms with Crippen LogP contribution in [-0.4, -0.2) is 0 Å². The first-order valence-electron chi connectivity index (χ1n) is 7.28. The molecular weight excluding hydrogens is 376 g/mol. The van der Waals surface area contributed by atoms with Gasteiger partial charge in [0.15, 0.2) is 0 Å². The lowest BCUT2D eigenvalue weighted by molar-refractivity contribution is 0.406. The van der Waals surface area contributed by atoms with E-state index in [4.69, 9.17) is 0 Å². The Balaban J connectivity index is 1.94. The van der Waals surface area contributed by atoms with Crippen LogP contribution < -0.4 is 5.32 Å². The molecule has 0 bridgehead atoms. The van der Waals surface area contributed by atoms with Crippen molar-refractivity contribution >= 4 is 28.3 Å². The average Bonchev–Trinajstić information content (AvgIpc) is 2.45. The van der Waals surface area contributed by atoms with Crippen LogP contribution in [0.5, 0.6) is 0 Å². The number of benzene rings is 2. The molecule has 0 heterocycles. The summed E-state index contributed by atoms with van der Waals surface area (Å²) in [5, 5.41) is 3.60. The molecule has 0 aromatic heterocycles. The van der Waals surface area contributed by atoms with Crippen molar-refractivity contribution in [3.8, 4) is 0 Å². The zero-order valence-electron chi connectivity index (χ0n) is 12.3. The van der Waals surface area contributed by atoms with Crippen molar-refractivity contribution in [2.75, 3.05) is 5.32 Å². The van der Waals surface area contributed by atoms with Crippen LogP contribution >= 0.6 is 22.6 Å². The number of fused-ring (bicyclic) bond motifs is 1. The minimum Gasteiger partial charge on any atom is -0.377 e. The van der Waals surface area contributed by atoms with Gasteiger partial charge in [0.2, 0.25) is 0 Å². The Morgan fingerprint density at radius 3 is 2.71 bits per heavy atom. The molecule has 0 saturated heterocycles. The first-order chi connectivity index (χ1) is 9.97. The van der Waals surface area contributed by atoms with Gasteiger partial charge in [-0.15, -0.1) is 0 Å². The van der Waals surface area contributed by atoms with E-state index in [0.717, 1.165) is 22.1 Å². The van der Waals surface area contributed by atoms with Gasteiger partial charge in [-0.2, -0.15) is 0 Å². The van der Waals surface area contributed by atoms with E-state index in [2.05, 4.69) is 66.0 Å². The summed E-state index contributed by atoms with van der Waals surface area (Å²) in [6.07, 6.45) is 2.25. The van der Waals surface area contributed by atoms with Gasteiger partial charge >= 0.3 is 0 Å². The summed E-state index contributed by atoms with van der Waals surface area (Å²) >= 11 is 2.19. The number of halogens is 2. The molecule has 0 radical (unpaired) electrons. The number of rotatable bonds is 2. The third kappa shape index (κ3) is 2.93. The van der Waals surface area contributed by atoms with Gasteiger partial charge in [0.05, 0.1) is 6.04 Å². The van der Waals surface area contributed by atoms with Gasteiger partial charge < -0.3 is 5.32 Å². The van der Waals surface area contributed by atoms with Crippen molar-refractivity contribution < 1.29 is 4.39 Å². The summed E-state index contributed by atoms with van der Waals surface area (Å²) in [7, 11) is 0. The second-order valence-corrected chi connectivity index (χ2v) is 7.49. The molecule has 0 amide bonds. The molecule has 2 aromatic carbocycles. The van der Waals surface area contributed by atoms with Gasteiger partial charge in [-0.05, 0) is 70.2 Å². The van der Waals surface area contributed by atoms with Crippen LogP contribution in [0.2, 0.25) is 0 Å². The molecule has 3 rings (SSSR count). The third-order valence-electron chi connectivity index (χ3n) is 4.38. The van der Waals surface area contributed by atoms with Crippen molar-refractivity contribution in [1.29, 1.82) is 0 Å². The molecule has 21 heavy (non-hydrogen) atoms. The van der Waals surface area contributed by atoms with E-state index in [0.29, 0.717) is 6.04 Å². The van der Waals surface area contributed by atoms with Gasteiger partial charge in [-0.25, -0.2) is 4.39 Å². The molecule has 0 aliphatic heterocycles. The zero-order chi connectivity index (χ0) is 15.0. The van der Waals surface area contributed by atoms with Crippen molar-refractivity contribution in [1.82, 2.24) is 0 Å². The highest BCUT2D eigenvalue weighted by atomic mass is 127. The van der Waals surface area contributed by atoms with Crippen molar-refractivity contribution in [2.24, 2.45) is 0 Å². The van der Waals surface area contributed by atoms with Gasteiger partial charge in [0.1, 0.15) is 5.82 Å². The van der Waals surface area contributed by atoms with Crippen LogP contribution in [0.25, 0.3) is 0 Å². The molecule has 1 nitrogen and oxygen atoms in total. The van der Waals surface area contributed by atoms with E-state index in [9.17, 15) is 4.39 Å². The quantitative estimate of drug-likeness (QED) is 0.648. The zero-order valence-corrected chi connectivity index (χ0v) is 14.4. The van der Waals surface area contributed by atoms with Crippen LogP contribution in [-0.2, 0) is 5.41 Å². The average molecular weight is 395 g/mol. The number of anilines is 1. The van der Waals surface area contributed by atoms with Gasteiger partial charge in [-0.1, -0.05) is 38.1 Å². The highest BCUT2D eigenvalue weighted by molar-refractivity contribution is 14.1. The van der Waals surface area contributed by atoms with Crippen molar-refractivity contribution in [3.63, 3.8) is 0 Å². The van der Waals surface area contributed by atoms with E-state index < -0.39 is 0 Å². The molecule has 1 atom stereocenters. The summed E-state index contributed by atoms with van der Waals surface area (Å²) in [5.41, 5.74) is 4.03. The second-order valence-electron chi connectivity index (χ2n) is 6.33. The number of hydrogen-bond donors (Lipinski definition) is 1. The second kappa shape index (κ2) is 5.59. The molecule has 3 heteroatoms. The van der Waals surface area contributed by atoms with E-state index in [1.807, 2.05) is 6.07 Å². The predicted octanol–water partition coefficient (Wildman–Crippen LogP) is 5.65. The minimum atomic E-state index is -0.185. The largest absolute Gasteiger partial charge is 0.377 e. The van der Waals surface area contributed by atoms with Gasteiger partial charge in [-0.3, -0.25) is 0 Å². The van der Waals surface area contributed by atoms with Crippen LogP contribution in [0, 0.1) is 9.39 Å². The highest BCUT2D eigenvalue weighted by Gasteiger charge is 2.32. The molecule has 1 aliphatic rings. The molecule has 0 fully saturated rings. The van der Waals surface area contributed by atoms with E-state index >= 15 is 0 Å². The summed E-state index contributed by atoms with van der Waals surface area (Å²) < 4.78 is 14.2. The molecular formula is C18H19FIN. The fourth-order valence-corrected chi connectivity index (χ4v) is 3.79. The topological polar surface area (TPSA) is 12.0 Å². The van der Waals surface area contributed by atoms with E-state index in [1.54, 1.807) is 6.07 Å². The Morgan fingerprint density at radius 2 is 1.95 bits per heavy atom. The first-order valence-corrected chi connectivity index (χ1v) is 8.36. The lowest BCUT2D eigenvalue weighted by atomic mass is 9.71. The van der Waals surface area contributed by atoms with Crippen LogP contribution in [0.1, 0.15) is 43.9 Å². The standard InChI is InChI=1S/C18H19FIN/c1-18(2)10-9-16(13-5-3-4-6-14(13)18)21-17-8-7-12(19)11-15(17)20/h3-8,11,16,21H,9-10H2,1-2H3. The summed E-state index contributed by atoms with van der Waals surface area (Å²) in [5.74, 6) is -0.185. The Bertz CT molecular complexity index is 666. The smallest absolute Gasteiger partial charge is 0.124 e. The Morgan fingerprint density at radius 1 is 1.19 bits per heavy atom.